The summed E-state index contributed by atoms with van der Waals surface area (Å²) in [5.41, 5.74) is 1.02. The van der Waals surface area contributed by atoms with Gasteiger partial charge in [0, 0.05) is 24.9 Å². The summed E-state index contributed by atoms with van der Waals surface area (Å²) in [5.74, 6) is 0.746. The fourth-order valence-electron chi connectivity index (χ4n) is 1.65. The summed E-state index contributed by atoms with van der Waals surface area (Å²) in [4.78, 5) is 11.8. The lowest BCUT2D eigenvalue weighted by atomic mass is 10.2. The van der Waals surface area contributed by atoms with Crippen LogP contribution in [0.5, 0.6) is 5.75 Å². The van der Waals surface area contributed by atoms with Gasteiger partial charge in [-0.05, 0) is 12.0 Å². The van der Waals surface area contributed by atoms with Crippen LogP contribution >= 0.6 is 0 Å². The first-order valence-electron chi connectivity index (χ1n) is 6.82. The van der Waals surface area contributed by atoms with Crippen LogP contribution < -0.4 is 15.4 Å². The van der Waals surface area contributed by atoms with Gasteiger partial charge >= 0.3 is 0 Å². The molecular weight excluding hydrogens is 266 g/mol. The van der Waals surface area contributed by atoms with Gasteiger partial charge in [0.25, 0.3) is 5.91 Å². The van der Waals surface area contributed by atoms with Crippen molar-refractivity contribution in [1.29, 1.82) is 5.26 Å². The van der Waals surface area contributed by atoms with Gasteiger partial charge in [0.1, 0.15) is 17.4 Å². The molecule has 0 radical (unpaired) electrons. The Kier molecular flexibility index (Phi) is 6.82. The number of nitriles is 1. The van der Waals surface area contributed by atoms with Crippen LogP contribution in [0.2, 0.25) is 0 Å². The Morgan fingerprint density at radius 3 is 2.76 bits per heavy atom. The fraction of sp³-hybridized carbons (Fsp3) is 0.375. The highest BCUT2D eigenvalue weighted by Crippen LogP contribution is 2.16. The number of para-hydroxylation sites is 1. The van der Waals surface area contributed by atoms with Crippen LogP contribution in [0.3, 0.4) is 0 Å². The van der Waals surface area contributed by atoms with E-state index in [1.807, 2.05) is 44.2 Å². The average Bonchev–Trinajstić information content (AvgIpc) is 2.49. The Labute approximate surface area is 125 Å². The first kappa shape index (κ1) is 16.6. The third-order valence-electron chi connectivity index (χ3n) is 2.77. The van der Waals surface area contributed by atoms with Crippen molar-refractivity contribution >= 4 is 5.91 Å². The summed E-state index contributed by atoms with van der Waals surface area (Å²) < 4.78 is 5.24. The maximum atomic E-state index is 11.8. The fourth-order valence-corrected chi connectivity index (χ4v) is 1.65. The summed E-state index contributed by atoms with van der Waals surface area (Å²) >= 11 is 0. The molecule has 5 nitrogen and oxygen atoms in total. The Bertz CT molecular complexity index is 545. The number of carbonyl (C=O) groups excluding carboxylic acids is 1. The normalized spacial score (nSPS) is 10.9. The minimum Gasteiger partial charge on any atom is -0.496 e. The zero-order valence-corrected chi connectivity index (χ0v) is 12.6. The summed E-state index contributed by atoms with van der Waals surface area (Å²) in [6, 6.07) is 9.47. The smallest absolute Gasteiger partial charge is 0.263 e. The maximum absolute atomic E-state index is 11.8. The topological polar surface area (TPSA) is 74.1 Å². The van der Waals surface area contributed by atoms with Crippen LogP contribution in [0.4, 0.5) is 0 Å². The van der Waals surface area contributed by atoms with E-state index in [4.69, 9.17) is 10.00 Å². The second-order valence-corrected chi connectivity index (χ2v) is 4.97. The highest BCUT2D eigenvalue weighted by Gasteiger charge is 2.08. The van der Waals surface area contributed by atoms with Gasteiger partial charge in [0.05, 0.1) is 7.11 Å². The van der Waals surface area contributed by atoms with Crippen LogP contribution in [-0.4, -0.2) is 19.6 Å². The summed E-state index contributed by atoms with van der Waals surface area (Å²) in [6.07, 6.45) is 1.43. The molecule has 1 aromatic carbocycles. The van der Waals surface area contributed by atoms with Gasteiger partial charge in [-0.2, -0.15) is 5.26 Å². The predicted molar refractivity (Wildman–Crippen MR) is 81.4 cm³/mol. The van der Waals surface area contributed by atoms with Crippen LogP contribution in [0.25, 0.3) is 0 Å². The molecule has 0 aliphatic rings. The van der Waals surface area contributed by atoms with Gasteiger partial charge in [0.2, 0.25) is 0 Å². The number of rotatable bonds is 7. The van der Waals surface area contributed by atoms with E-state index in [2.05, 4.69) is 10.6 Å². The molecule has 0 spiro atoms. The molecule has 112 valence electrons. The number of hydrogen-bond donors (Lipinski definition) is 2. The molecule has 1 aromatic rings. The number of nitrogens with zero attached hydrogens (tertiary/aromatic N) is 1. The molecule has 0 unspecified atom stereocenters. The quantitative estimate of drug-likeness (QED) is 0.594. The minimum atomic E-state index is -0.362. The average molecular weight is 287 g/mol. The van der Waals surface area contributed by atoms with E-state index in [9.17, 15) is 4.79 Å². The molecule has 0 atom stereocenters. The van der Waals surface area contributed by atoms with Crippen molar-refractivity contribution < 1.29 is 9.53 Å². The number of carbonyl (C=O) groups is 1. The molecule has 5 heteroatoms. The first-order chi connectivity index (χ1) is 10.1. The van der Waals surface area contributed by atoms with Gasteiger partial charge in [0.15, 0.2) is 0 Å². The molecule has 0 saturated carbocycles. The molecule has 0 bridgehead atoms. The van der Waals surface area contributed by atoms with Gasteiger partial charge in [-0.15, -0.1) is 0 Å². The Morgan fingerprint density at radius 2 is 2.14 bits per heavy atom. The van der Waals surface area contributed by atoms with Crippen molar-refractivity contribution in [2.75, 3.05) is 13.7 Å². The number of ether oxygens (including phenoxy) is 1. The van der Waals surface area contributed by atoms with Gasteiger partial charge in [-0.1, -0.05) is 32.0 Å². The summed E-state index contributed by atoms with van der Waals surface area (Å²) in [5, 5.41) is 14.7. The standard InChI is InChI=1S/C16H21N3O2/c1-12(2)9-19-16(20)14(8-17)11-18-10-13-6-4-5-7-15(13)21-3/h4-7,11-12,18H,9-10H2,1-3H3,(H,19,20)/b14-11-. The van der Waals surface area contributed by atoms with E-state index in [1.54, 1.807) is 7.11 Å². The van der Waals surface area contributed by atoms with Gasteiger partial charge in [-0.25, -0.2) is 0 Å². The van der Waals surface area contributed by atoms with Crippen molar-refractivity contribution in [2.24, 2.45) is 5.92 Å². The van der Waals surface area contributed by atoms with Crippen LogP contribution in [0, 0.1) is 17.2 Å². The van der Waals surface area contributed by atoms with Crippen molar-refractivity contribution in [2.45, 2.75) is 20.4 Å². The van der Waals surface area contributed by atoms with E-state index in [0.717, 1.165) is 11.3 Å². The van der Waals surface area contributed by atoms with E-state index in [0.29, 0.717) is 19.0 Å². The van der Waals surface area contributed by atoms with Crippen molar-refractivity contribution in [3.8, 4) is 11.8 Å². The van der Waals surface area contributed by atoms with E-state index in [1.165, 1.54) is 6.20 Å². The molecule has 0 aliphatic carbocycles. The lowest BCUT2D eigenvalue weighted by Crippen LogP contribution is -2.29. The SMILES string of the molecule is COc1ccccc1CN/C=C(/C#N)C(=O)NCC(C)C. The summed E-state index contributed by atoms with van der Waals surface area (Å²) in [6.45, 7) is 5.02. The van der Waals surface area contributed by atoms with Crippen LogP contribution in [-0.2, 0) is 11.3 Å². The van der Waals surface area contributed by atoms with Crippen LogP contribution in [0.1, 0.15) is 19.4 Å². The molecule has 1 rings (SSSR count). The minimum absolute atomic E-state index is 0.0607. The number of methoxy groups -OCH3 is 1. The highest BCUT2D eigenvalue weighted by atomic mass is 16.5. The Hall–Kier alpha value is -2.48. The zero-order valence-electron chi connectivity index (χ0n) is 12.6. The highest BCUT2D eigenvalue weighted by molar-refractivity contribution is 5.97. The molecular formula is C16H21N3O2. The Morgan fingerprint density at radius 1 is 1.43 bits per heavy atom. The lowest BCUT2D eigenvalue weighted by molar-refractivity contribution is -0.117. The number of hydrogen-bond acceptors (Lipinski definition) is 4. The molecule has 0 aliphatic heterocycles. The second-order valence-electron chi connectivity index (χ2n) is 4.97. The van der Waals surface area contributed by atoms with Gasteiger partial charge < -0.3 is 15.4 Å². The Balaban J connectivity index is 2.61. The van der Waals surface area contributed by atoms with Gasteiger partial charge in [-0.3, -0.25) is 4.79 Å². The second kappa shape index (κ2) is 8.64. The molecule has 0 heterocycles. The molecule has 0 aromatic heterocycles. The van der Waals surface area contributed by atoms with E-state index >= 15 is 0 Å². The predicted octanol–water partition coefficient (Wildman–Crippen LogP) is 1.96. The lowest BCUT2D eigenvalue weighted by Gasteiger charge is -2.09. The molecule has 0 fully saturated rings. The molecule has 2 N–H and O–H groups in total. The number of nitrogens with one attached hydrogen (secondary N) is 2. The molecule has 1 amide bonds. The third kappa shape index (κ3) is 5.57. The first-order valence-corrected chi connectivity index (χ1v) is 6.82. The van der Waals surface area contributed by atoms with Crippen molar-refractivity contribution in [1.82, 2.24) is 10.6 Å². The maximum Gasteiger partial charge on any atom is 0.263 e. The molecule has 0 saturated heterocycles. The van der Waals surface area contributed by atoms with E-state index in [-0.39, 0.29) is 11.5 Å². The number of amides is 1. The van der Waals surface area contributed by atoms with Crippen LogP contribution in [0.15, 0.2) is 36.0 Å². The summed E-state index contributed by atoms with van der Waals surface area (Å²) in [7, 11) is 1.61. The number of benzene rings is 1. The van der Waals surface area contributed by atoms with Crippen molar-refractivity contribution in [3.63, 3.8) is 0 Å². The largest absolute Gasteiger partial charge is 0.496 e. The molecule has 21 heavy (non-hydrogen) atoms. The van der Waals surface area contributed by atoms with Crippen molar-refractivity contribution in [3.05, 3.63) is 41.6 Å². The third-order valence-corrected chi connectivity index (χ3v) is 2.77. The van der Waals surface area contributed by atoms with E-state index < -0.39 is 0 Å². The monoisotopic (exact) mass is 287 g/mol. The zero-order chi connectivity index (χ0) is 15.7.